The average Bonchev–Trinajstić information content (AvgIpc) is 2.92. The van der Waals surface area contributed by atoms with Crippen LogP contribution in [0, 0.1) is 5.41 Å². The monoisotopic (exact) mass is 285 g/mol. The van der Waals surface area contributed by atoms with E-state index in [0.29, 0.717) is 0 Å². The zero-order valence-electron chi connectivity index (χ0n) is 12.6. The fraction of sp³-hybridized carbons (Fsp3) is 0.556. The van der Waals surface area contributed by atoms with Gasteiger partial charge in [-0.2, -0.15) is 0 Å². The largest absolute Gasteiger partial charge is 0.459 e. The minimum atomic E-state index is -0.0404. The molecule has 2 atom stereocenters. The van der Waals surface area contributed by atoms with Gasteiger partial charge in [0, 0.05) is 22.9 Å². The Morgan fingerprint density at radius 2 is 2.19 bits per heavy atom. The van der Waals surface area contributed by atoms with E-state index in [4.69, 9.17) is 4.42 Å². The zero-order chi connectivity index (χ0) is 14.4. The first-order valence-electron chi connectivity index (χ1n) is 8.14. The van der Waals surface area contributed by atoms with E-state index in [0.717, 1.165) is 43.7 Å². The molecule has 0 aliphatic carbocycles. The highest BCUT2D eigenvalue weighted by Gasteiger charge is 2.48. The molecule has 0 radical (unpaired) electrons. The molecule has 3 nitrogen and oxygen atoms in total. The summed E-state index contributed by atoms with van der Waals surface area (Å²) in [6.07, 6.45) is 4.34. The summed E-state index contributed by atoms with van der Waals surface area (Å²) in [5.74, 6) is 1.12. The van der Waals surface area contributed by atoms with Gasteiger partial charge in [-0.1, -0.05) is 25.1 Å². The van der Waals surface area contributed by atoms with Crippen LogP contribution in [0.15, 0.2) is 28.7 Å². The van der Waals surface area contributed by atoms with Crippen LogP contribution in [-0.4, -0.2) is 29.7 Å². The number of nitrogens with zero attached hydrogens (tertiary/aromatic N) is 1. The normalized spacial score (nSPS) is 29.3. The second-order valence-corrected chi connectivity index (χ2v) is 6.61. The molecule has 1 aromatic carbocycles. The molecule has 112 valence electrons. The molecule has 21 heavy (non-hydrogen) atoms. The lowest BCUT2D eigenvalue weighted by Gasteiger charge is -2.50. The molecule has 2 aliphatic rings. The molecule has 1 aromatic heterocycles. The Balaban J connectivity index is 1.91. The maximum atomic E-state index is 10.1. The molecule has 3 heterocycles. The summed E-state index contributed by atoms with van der Waals surface area (Å²) < 4.78 is 6.27. The van der Waals surface area contributed by atoms with Gasteiger partial charge in [-0.05, 0) is 38.3 Å². The molecule has 4 rings (SSSR count). The van der Waals surface area contributed by atoms with Crippen molar-refractivity contribution in [3.8, 4) is 0 Å². The van der Waals surface area contributed by atoms with Gasteiger partial charge < -0.3 is 9.52 Å². The van der Waals surface area contributed by atoms with Crippen LogP contribution >= 0.6 is 0 Å². The summed E-state index contributed by atoms with van der Waals surface area (Å²) in [5, 5.41) is 11.4. The molecule has 2 aromatic rings. The quantitative estimate of drug-likeness (QED) is 0.917. The summed E-state index contributed by atoms with van der Waals surface area (Å²) in [6.45, 7) is 4.67. The van der Waals surface area contributed by atoms with Crippen LogP contribution in [0.5, 0.6) is 0 Å². The van der Waals surface area contributed by atoms with Crippen molar-refractivity contribution in [2.24, 2.45) is 5.41 Å². The topological polar surface area (TPSA) is 36.6 Å². The van der Waals surface area contributed by atoms with Crippen LogP contribution in [0.25, 0.3) is 11.0 Å². The highest BCUT2D eigenvalue weighted by atomic mass is 16.3. The van der Waals surface area contributed by atoms with Gasteiger partial charge in [0.2, 0.25) is 0 Å². The Bertz CT molecular complexity index is 656. The number of fused-ring (bicyclic) bond motifs is 5. The van der Waals surface area contributed by atoms with Gasteiger partial charge in [-0.25, -0.2) is 0 Å². The molecule has 0 spiro atoms. The molecule has 2 unspecified atom stereocenters. The third-order valence-electron chi connectivity index (χ3n) is 5.71. The first-order chi connectivity index (χ1) is 10.3. The van der Waals surface area contributed by atoms with Crippen LogP contribution in [-0.2, 0) is 6.42 Å². The maximum absolute atomic E-state index is 10.1. The average molecular weight is 285 g/mol. The van der Waals surface area contributed by atoms with Crippen molar-refractivity contribution in [3.05, 3.63) is 35.6 Å². The first kappa shape index (κ1) is 13.4. The van der Waals surface area contributed by atoms with Gasteiger partial charge in [0.05, 0.1) is 12.6 Å². The van der Waals surface area contributed by atoms with Crippen molar-refractivity contribution in [2.45, 2.75) is 38.6 Å². The molecular formula is C18H23NO2. The minimum absolute atomic E-state index is 0.0404. The van der Waals surface area contributed by atoms with Gasteiger partial charge in [-0.15, -0.1) is 0 Å². The molecule has 0 saturated carbocycles. The third kappa shape index (κ3) is 1.80. The highest BCUT2D eigenvalue weighted by molar-refractivity contribution is 5.82. The second-order valence-electron chi connectivity index (χ2n) is 6.61. The molecule has 1 saturated heterocycles. The van der Waals surface area contributed by atoms with Crippen LogP contribution < -0.4 is 0 Å². The first-order valence-corrected chi connectivity index (χ1v) is 8.14. The molecular weight excluding hydrogens is 262 g/mol. The predicted molar refractivity (Wildman–Crippen MR) is 83.3 cm³/mol. The Hall–Kier alpha value is -1.32. The van der Waals surface area contributed by atoms with Crippen molar-refractivity contribution >= 4 is 11.0 Å². The van der Waals surface area contributed by atoms with Crippen molar-refractivity contribution < 1.29 is 9.52 Å². The van der Waals surface area contributed by atoms with E-state index in [1.807, 2.05) is 6.07 Å². The summed E-state index contributed by atoms with van der Waals surface area (Å²) in [5.41, 5.74) is 2.33. The van der Waals surface area contributed by atoms with E-state index in [1.165, 1.54) is 17.4 Å². The molecule has 1 N–H and O–H groups in total. The number of para-hydroxylation sites is 1. The number of rotatable bonds is 2. The van der Waals surface area contributed by atoms with Gasteiger partial charge in [0.1, 0.15) is 11.3 Å². The molecule has 3 heteroatoms. The number of aliphatic hydroxyl groups excluding tert-OH is 1. The van der Waals surface area contributed by atoms with E-state index < -0.39 is 0 Å². The summed E-state index contributed by atoms with van der Waals surface area (Å²) in [4.78, 5) is 2.54. The Morgan fingerprint density at radius 3 is 3.00 bits per heavy atom. The van der Waals surface area contributed by atoms with Crippen LogP contribution in [0.4, 0.5) is 0 Å². The van der Waals surface area contributed by atoms with Crippen LogP contribution in [0.3, 0.4) is 0 Å². The van der Waals surface area contributed by atoms with Gasteiger partial charge in [-0.3, -0.25) is 4.90 Å². The van der Waals surface area contributed by atoms with Crippen molar-refractivity contribution in [1.29, 1.82) is 0 Å². The summed E-state index contributed by atoms with van der Waals surface area (Å²) in [6, 6.07) is 8.60. The number of hydrogen-bond donors (Lipinski definition) is 1. The Labute approximate surface area is 125 Å². The highest BCUT2D eigenvalue weighted by Crippen LogP contribution is 2.52. The number of benzene rings is 1. The summed E-state index contributed by atoms with van der Waals surface area (Å²) >= 11 is 0. The molecule has 2 aliphatic heterocycles. The van der Waals surface area contributed by atoms with E-state index in [2.05, 4.69) is 30.0 Å². The minimum Gasteiger partial charge on any atom is -0.459 e. The van der Waals surface area contributed by atoms with E-state index >= 15 is 0 Å². The second kappa shape index (κ2) is 4.85. The lowest BCUT2D eigenvalue weighted by Crippen LogP contribution is -2.50. The number of piperidine rings is 1. The van der Waals surface area contributed by atoms with Gasteiger partial charge >= 0.3 is 0 Å². The Kier molecular flexibility index (Phi) is 3.09. The number of aliphatic hydroxyl groups is 1. The molecule has 0 amide bonds. The molecule has 0 bridgehead atoms. The Morgan fingerprint density at radius 1 is 1.33 bits per heavy atom. The van der Waals surface area contributed by atoms with Crippen LogP contribution in [0.1, 0.15) is 43.6 Å². The van der Waals surface area contributed by atoms with Crippen molar-refractivity contribution in [2.75, 3.05) is 19.7 Å². The zero-order valence-corrected chi connectivity index (χ0v) is 12.6. The number of hydrogen-bond acceptors (Lipinski definition) is 3. The number of furan rings is 1. The third-order valence-corrected chi connectivity index (χ3v) is 5.71. The van der Waals surface area contributed by atoms with E-state index in [-0.39, 0.29) is 18.1 Å². The fourth-order valence-corrected chi connectivity index (χ4v) is 4.47. The maximum Gasteiger partial charge on any atom is 0.134 e. The van der Waals surface area contributed by atoms with Crippen molar-refractivity contribution in [1.82, 2.24) is 4.90 Å². The fourth-order valence-electron chi connectivity index (χ4n) is 4.47. The van der Waals surface area contributed by atoms with Gasteiger partial charge in [0.25, 0.3) is 0 Å². The smallest absolute Gasteiger partial charge is 0.134 e. The standard InChI is InChI=1S/C18H23NO2/c1-2-18(12-20)9-5-10-19-11-8-14-13-6-3-4-7-15(13)21-16(14)17(18)19/h3-4,6-7,17,20H,2,5,8-12H2,1H3. The van der Waals surface area contributed by atoms with E-state index in [1.54, 1.807) is 0 Å². The van der Waals surface area contributed by atoms with Gasteiger partial charge in [0.15, 0.2) is 0 Å². The molecule has 1 fully saturated rings. The lowest BCUT2D eigenvalue weighted by molar-refractivity contribution is -0.0455. The summed E-state index contributed by atoms with van der Waals surface area (Å²) in [7, 11) is 0. The SMILES string of the molecule is CCC1(CO)CCCN2CCc3c(oc4ccccc34)C21. The predicted octanol–water partition coefficient (Wildman–Crippen LogP) is 3.51. The van der Waals surface area contributed by atoms with Crippen molar-refractivity contribution in [3.63, 3.8) is 0 Å². The van der Waals surface area contributed by atoms with E-state index in [9.17, 15) is 5.11 Å². The van der Waals surface area contributed by atoms with Crippen LogP contribution in [0.2, 0.25) is 0 Å². The lowest BCUT2D eigenvalue weighted by atomic mass is 9.69.